The first kappa shape index (κ1) is 98.1. The number of hydrogen-bond acceptors (Lipinski definition) is 38. The van der Waals surface area contributed by atoms with E-state index in [0.29, 0.717) is 38.6 Å². The lowest BCUT2D eigenvalue weighted by atomic mass is 9.99. The van der Waals surface area contributed by atoms with Crippen molar-refractivity contribution < 1.29 is 176 Å². The highest BCUT2D eigenvalue weighted by Crippen LogP contribution is 2.38. The predicted molar refractivity (Wildman–Crippen MR) is 464 cm³/mol. The summed E-state index contributed by atoms with van der Waals surface area (Å²) in [6.45, 7) is 5.36. The van der Waals surface area contributed by atoms with Crippen molar-refractivity contribution in [2.75, 3.05) is 26.4 Å². The van der Waals surface area contributed by atoms with Gasteiger partial charge in [0.1, 0.15) is 216 Å². The third-order valence-electron chi connectivity index (χ3n) is 22.1. The number of aryl methyl sites for hydroxylation is 4. The Morgan fingerprint density at radius 2 is 0.560 bits per heavy atom. The fourth-order valence-electron chi connectivity index (χ4n) is 14.5. The second-order valence-corrected chi connectivity index (χ2v) is 31.7. The van der Waals surface area contributed by atoms with Gasteiger partial charge >= 0.3 is 23.9 Å². The Kier molecular flexibility index (Phi) is 31.2. The van der Waals surface area contributed by atoms with Crippen LogP contribution in [0, 0.1) is 27.7 Å². The minimum Gasteiger partial charge on any atom is -0.507 e. The fraction of sp³-hybridized carbons (Fsp3) is 0.319. The lowest BCUT2D eigenvalue weighted by Crippen LogP contribution is -2.60. The Balaban J connectivity index is 0.000000152. The number of aliphatic hydroxyl groups excluding tert-OH is 14. The highest BCUT2D eigenvalue weighted by Gasteiger charge is 2.49. The molecule has 0 saturated carbocycles. The highest BCUT2D eigenvalue weighted by atomic mass is 16.7. The van der Waals surface area contributed by atoms with Crippen LogP contribution in [0.3, 0.4) is 0 Å². The second kappa shape index (κ2) is 42.6. The number of hydrogen-bond donors (Lipinski definition) is 18. The summed E-state index contributed by atoms with van der Waals surface area (Å²) in [5.41, 5.74) is 7.35. The molecular formula is C94H92O40. The summed E-state index contributed by atoms with van der Waals surface area (Å²) in [5.74, 6) is -5.62. The van der Waals surface area contributed by atoms with Gasteiger partial charge < -0.3 is 157 Å². The van der Waals surface area contributed by atoms with Crippen LogP contribution in [0.25, 0.3) is 88.4 Å². The van der Waals surface area contributed by atoms with Crippen LogP contribution < -0.4 is 40.7 Å². The summed E-state index contributed by atoms with van der Waals surface area (Å²) < 4.78 is 75.7. The van der Waals surface area contributed by atoms with E-state index >= 15 is 0 Å². The molecule has 0 radical (unpaired) electrons. The van der Waals surface area contributed by atoms with E-state index in [1.807, 2.05) is 100 Å². The zero-order valence-corrected chi connectivity index (χ0v) is 71.1. The van der Waals surface area contributed by atoms with Crippen LogP contribution in [0.5, 0.6) is 34.5 Å². The Bertz CT molecular complexity index is 6450. The lowest BCUT2D eigenvalue weighted by Gasteiger charge is -2.39. The number of carbonyl (C=O) groups is 4. The molecule has 4 aliphatic rings. The number of carboxylic acid groups (broad SMARTS) is 2. The zero-order valence-electron chi connectivity index (χ0n) is 71.1. The predicted octanol–water partition coefficient (Wildman–Crippen LogP) is 3.25. The summed E-state index contributed by atoms with van der Waals surface area (Å²) in [4.78, 5) is 96.0. The maximum atomic E-state index is 13.0. The van der Waals surface area contributed by atoms with E-state index in [-0.39, 0.29) is 78.1 Å². The first-order valence-corrected chi connectivity index (χ1v) is 41.3. The Hall–Kier alpha value is -13.4. The molecule has 708 valence electrons. The van der Waals surface area contributed by atoms with Gasteiger partial charge in [-0.15, -0.1) is 0 Å². The SMILES string of the molecule is Cc1ccc(-c2coc3cc(O[C@@H]4OC(CO)[C@@H](O)[C@H](O)C4O)cc(O)c3c2=O)cc1.Cc1ccc(-c2coc3cc(O[C@@H]4OC(CO)[C@@H](O)[C@H](O)C4O)ccc3c2=O)cc1.Cc1ccc(-c2coc3cc(O[C@@H]4OC(COC(=O)CC(=O)O)[C@@H](O)[C@H](O)C4O)cc(O)c3c2=O)cc1.Cc1ccc(-c2coc3cc(O[C@@H]4OC(COC(=O)CC(=O)O)[C@@H](O)[C@H](O)C4O)ccc3c2=O)cc1. The van der Waals surface area contributed by atoms with E-state index in [2.05, 4.69) is 0 Å². The van der Waals surface area contributed by atoms with Gasteiger partial charge in [0.15, 0.2) is 10.9 Å². The number of carboxylic acids is 2. The van der Waals surface area contributed by atoms with Gasteiger partial charge in [-0.1, -0.05) is 119 Å². The van der Waals surface area contributed by atoms with Crippen molar-refractivity contribution in [1.29, 1.82) is 0 Å². The third kappa shape index (κ3) is 22.4. The molecule has 8 heterocycles. The second-order valence-electron chi connectivity index (χ2n) is 31.7. The van der Waals surface area contributed by atoms with Crippen molar-refractivity contribution in [1.82, 2.24) is 0 Å². The van der Waals surface area contributed by atoms with Crippen molar-refractivity contribution in [3.05, 3.63) is 246 Å². The van der Waals surface area contributed by atoms with Gasteiger partial charge in [0.05, 0.1) is 46.2 Å². The number of phenols is 2. The summed E-state index contributed by atoms with van der Waals surface area (Å²) in [5, 5.41) is 178. The first-order chi connectivity index (χ1) is 63.9. The van der Waals surface area contributed by atoms with E-state index < -0.39 is 208 Å². The minimum atomic E-state index is -1.77. The number of benzene rings is 8. The van der Waals surface area contributed by atoms with Crippen molar-refractivity contribution in [2.45, 2.75) is 163 Å². The number of rotatable bonds is 22. The van der Waals surface area contributed by atoms with E-state index in [9.17, 15) is 120 Å². The van der Waals surface area contributed by atoms with Crippen LogP contribution in [-0.4, -0.2) is 265 Å². The standard InChI is InChI=1S/C25H24O12.C25H24O11.C22H22O9.C22H22O8/c1-11-2-4-12(5-3-11)14-9-34-16-7-13(6-15(26)20(16)21(14)30)36-25-24(33)23(32)22(31)17(37-25)10-35-19(29)8-18(27)28;1-12-2-4-13(5-3-12)16-10-33-17-8-14(6-7-15(17)21(16)29)35-25-24(32)23(31)22(30)18(36-25)11-34-20(28)9-19(26)27;1-10-2-4-11(5-3-10)13-9-29-15-7-12(6-14(24)17(15)18(13)25)30-22-21(28)20(27)19(26)16(8-23)31-22;1-11-2-4-12(5-3-11)15-10-28-16-8-13(6-7-14(16)18(15)24)29-22-21(27)20(26)19(25)17(9-23)30-22/h2-7,9,17,22-26,31-33H,8,10H2,1H3,(H,27,28);2-8,10,18,22-25,30-32H,9,11H2,1H3,(H,26,27);2-7,9,16,19-24,26-28H,8H2,1H3;2-8,10,17,19-23,25-27H,9H2,1H3/t17?,22-,23+,24?,25-;18?,22-,23+,24?,25-;16?,19-,20+,21?,22-;17?,19-,20+,21?,22-/m1111/s1. The molecule has 12 aromatic rings. The van der Waals surface area contributed by atoms with Crippen molar-refractivity contribution in [2.24, 2.45) is 0 Å². The summed E-state index contributed by atoms with van der Waals surface area (Å²) >= 11 is 0. The number of carbonyl (C=O) groups excluding carboxylic acids is 2. The average Bonchev–Trinajstić information content (AvgIpc) is 0.783. The van der Waals surface area contributed by atoms with Crippen LogP contribution in [0.4, 0.5) is 0 Å². The Morgan fingerprint density at radius 1 is 0.306 bits per heavy atom. The maximum absolute atomic E-state index is 13.0. The molecule has 40 heteroatoms. The molecule has 0 aliphatic carbocycles. The number of phenolic OH excluding ortho intramolecular Hbond substituents is 2. The number of aromatic hydroxyl groups is 2. The topological polar surface area (TPSA) is 646 Å². The minimum absolute atomic E-state index is 0.0134. The number of aliphatic hydroxyl groups is 14. The van der Waals surface area contributed by atoms with E-state index in [4.69, 9.17) is 75.3 Å². The van der Waals surface area contributed by atoms with Crippen LogP contribution in [-0.2, 0) is 47.6 Å². The third-order valence-corrected chi connectivity index (χ3v) is 22.1. The molecule has 18 N–H and O–H groups in total. The van der Waals surface area contributed by atoms with E-state index in [0.717, 1.165) is 39.9 Å². The van der Waals surface area contributed by atoms with Crippen molar-refractivity contribution >= 4 is 67.8 Å². The number of aliphatic carboxylic acids is 2. The first-order valence-electron chi connectivity index (χ1n) is 41.3. The van der Waals surface area contributed by atoms with Gasteiger partial charge in [-0.2, -0.15) is 0 Å². The normalized spacial score (nSPS) is 24.9. The van der Waals surface area contributed by atoms with Crippen LogP contribution in [0.1, 0.15) is 35.1 Å². The zero-order chi connectivity index (χ0) is 96.5. The average molecular weight is 1860 g/mol. The fourth-order valence-corrected chi connectivity index (χ4v) is 14.5. The molecule has 0 spiro atoms. The van der Waals surface area contributed by atoms with Gasteiger partial charge in [0.25, 0.3) is 0 Å². The van der Waals surface area contributed by atoms with E-state index in [1.54, 1.807) is 24.3 Å². The van der Waals surface area contributed by atoms with Crippen LogP contribution >= 0.6 is 0 Å². The maximum Gasteiger partial charge on any atom is 0.317 e. The summed E-state index contributed by atoms with van der Waals surface area (Å²) in [7, 11) is 0. The number of esters is 2. The van der Waals surface area contributed by atoms with Crippen LogP contribution in [0.15, 0.2) is 220 Å². The van der Waals surface area contributed by atoms with Crippen LogP contribution in [0.2, 0.25) is 0 Å². The summed E-state index contributed by atoms with van der Waals surface area (Å²) in [6, 6.07) is 43.1. The van der Waals surface area contributed by atoms with Crippen molar-refractivity contribution in [3.8, 4) is 79.0 Å². The lowest BCUT2D eigenvalue weighted by molar-refractivity contribution is -0.278. The van der Waals surface area contributed by atoms with Gasteiger partial charge in [0, 0.05) is 36.4 Å². The monoisotopic (exact) mass is 1860 g/mol. The molecular weight excluding hydrogens is 1770 g/mol. The molecule has 8 unspecified atom stereocenters. The Labute approximate surface area is 755 Å². The molecule has 4 aliphatic heterocycles. The largest absolute Gasteiger partial charge is 0.507 e. The molecule has 134 heavy (non-hydrogen) atoms. The van der Waals surface area contributed by atoms with Gasteiger partial charge in [0.2, 0.25) is 36.0 Å². The molecule has 0 bridgehead atoms. The molecule has 4 aromatic heterocycles. The smallest absolute Gasteiger partial charge is 0.317 e. The molecule has 0 amide bonds. The highest BCUT2D eigenvalue weighted by molar-refractivity contribution is 5.92. The molecule has 4 fully saturated rings. The van der Waals surface area contributed by atoms with Gasteiger partial charge in [-0.3, -0.25) is 38.4 Å². The van der Waals surface area contributed by atoms with Gasteiger partial charge in [-0.25, -0.2) is 0 Å². The van der Waals surface area contributed by atoms with E-state index in [1.165, 1.54) is 73.6 Å². The van der Waals surface area contributed by atoms with Crippen molar-refractivity contribution in [3.63, 3.8) is 0 Å². The Morgan fingerprint density at radius 3 is 0.843 bits per heavy atom. The molecule has 4 saturated heterocycles. The quantitative estimate of drug-likeness (QED) is 0.0342. The summed E-state index contributed by atoms with van der Waals surface area (Å²) in [6.07, 6.45) is -26.8. The van der Waals surface area contributed by atoms with Gasteiger partial charge in [-0.05, 0) is 74.2 Å². The molecule has 20 atom stereocenters. The molecule has 8 aromatic carbocycles. The molecule has 16 rings (SSSR count). The number of ether oxygens (including phenoxy) is 10. The number of fused-ring (bicyclic) bond motifs is 4. The molecule has 40 nitrogen and oxygen atoms in total.